The van der Waals surface area contributed by atoms with Crippen LogP contribution in [0.4, 0.5) is 0 Å². The molecule has 1 heterocycles. The van der Waals surface area contributed by atoms with E-state index in [1.807, 2.05) is 48.5 Å². The molecule has 1 saturated heterocycles. The number of benzene rings is 3. The van der Waals surface area contributed by atoms with E-state index in [1.165, 1.54) is 4.90 Å². The lowest BCUT2D eigenvalue weighted by Crippen LogP contribution is -2.13. The molecule has 1 unspecified atom stereocenters. The van der Waals surface area contributed by atoms with E-state index in [4.69, 9.17) is 9.47 Å². The largest absolute Gasteiger partial charge is 0.481 e. The van der Waals surface area contributed by atoms with Crippen molar-refractivity contribution in [2.75, 3.05) is 12.5 Å². The molecule has 0 aliphatic carbocycles. The Kier molecular flexibility index (Phi) is 4.84. The molecule has 1 aliphatic rings. The molecule has 4 rings (SSSR count). The van der Waals surface area contributed by atoms with Crippen molar-refractivity contribution in [1.82, 2.24) is 0 Å². The fraction of sp³-hybridized carbons (Fsp3) is 0.143. The van der Waals surface area contributed by atoms with Gasteiger partial charge in [0.2, 0.25) is 0 Å². The Morgan fingerprint density at radius 3 is 2.28 bits per heavy atom. The Bertz CT molecular complexity index is 848. The molecular weight excluding hydrogens is 396 g/mol. The van der Waals surface area contributed by atoms with Crippen LogP contribution in [0.3, 0.4) is 0 Å². The predicted molar refractivity (Wildman–Crippen MR) is 105 cm³/mol. The van der Waals surface area contributed by atoms with Crippen LogP contribution < -0.4 is 4.74 Å². The molecule has 0 saturated carbocycles. The smallest absolute Gasteiger partial charge is 0.145 e. The van der Waals surface area contributed by atoms with Crippen molar-refractivity contribution in [2.24, 2.45) is 0 Å². The molecule has 25 heavy (non-hydrogen) atoms. The molecule has 0 N–H and O–H groups in total. The molecule has 0 radical (unpaired) electrons. The highest BCUT2D eigenvalue weighted by Gasteiger charge is 2.50. The van der Waals surface area contributed by atoms with Gasteiger partial charge in [-0.25, -0.2) is 0 Å². The quantitative estimate of drug-likeness (QED) is 0.287. The minimum atomic E-state index is -0.391. The second-order valence-electron chi connectivity index (χ2n) is 5.82. The van der Waals surface area contributed by atoms with Gasteiger partial charge in [0, 0.05) is 10.5 Å². The van der Waals surface area contributed by atoms with Gasteiger partial charge < -0.3 is 9.47 Å². The summed E-state index contributed by atoms with van der Waals surface area (Å²) >= 11 is 5.31. The molecule has 126 valence electrons. The van der Waals surface area contributed by atoms with Crippen molar-refractivity contribution >= 4 is 27.7 Å². The molecule has 1 aliphatic heterocycles. The third kappa shape index (κ3) is 3.47. The summed E-state index contributed by atoms with van der Waals surface area (Å²) in [5.41, 5.74) is 1.84. The fourth-order valence-electron chi connectivity index (χ4n) is 2.90. The Balaban J connectivity index is 1.59. The Labute approximate surface area is 160 Å². The molecule has 0 amide bonds. The van der Waals surface area contributed by atoms with E-state index in [0.717, 1.165) is 21.3 Å². The van der Waals surface area contributed by atoms with Gasteiger partial charge in [0.05, 0.1) is 11.1 Å². The number of epoxide rings is 1. The first-order valence-electron chi connectivity index (χ1n) is 8.09. The van der Waals surface area contributed by atoms with Gasteiger partial charge in [-0.1, -0.05) is 72.4 Å². The highest BCUT2D eigenvalue weighted by Crippen LogP contribution is 2.50. The maximum absolute atomic E-state index is 6.16. The van der Waals surface area contributed by atoms with E-state index >= 15 is 0 Å². The molecule has 3 aromatic carbocycles. The van der Waals surface area contributed by atoms with Gasteiger partial charge in [0.25, 0.3) is 0 Å². The average molecular weight is 413 g/mol. The lowest BCUT2D eigenvalue weighted by molar-refractivity contribution is 0.328. The van der Waals surface area contributed by atoms with Gasteiger partial charge in [-0.3, -0.25) is 0 Å². The van der Waals surface area contributed by atoms with Gasteiger partial charge in [-0.05, 0) is 39.7 Å². The van der Waals surface area contributed by atoms with Gasteiger partial charge in [0.15, 0.2) is 0 Å². The third-order valence-corrected chi connectivity index (χ3v) is 5.71. The van der Waals surface area contributed by atoms with Gasteiger partial charge in [0.1, 0.15) is 17.3 Å². The van der Waals surface area contributed by atoms with Gasteiger partial charge in [-0.2, -0.15) is 0 Å². The molecular formula is C21H17BrO2S. The summed E-state index contributed by atoms with van der Waals surface area (Å²) in [6.45, 7) is 0.676. The summed E-state index contributed by atoms with van der Waals surface area (Å²) in [6, 6.07) is 26.7. The number of rotatable bonds is 6. The van der Waals surface area contributed by atoms with Crippen LogP contribution in [0.2, 0.25) is 0 Å². The van der Waals surface area contributed by atoms with Crippen molar-refractivity contribution in [3.63, 3.8) is 0 Å². The number of thioether (sulfide) groups is 1. The first-order valence-corrected chi connectivity index (χ1v) is 9.86. The van der Waals surface area contributed by atoms with E-state index in [1.54, 1.807) is 11.8 Å². The second-order valence-corrected chi connectivity index (χ2v) is 7.67. The highest BCUT2D eigenvalue weighted by atomic mass is 79.9. The maximum Gasteiger partial charge on any atom is 0.145 e. The minimum absolute atomic E-state index is 0.391. The predicted octanol–water partition coefficient (Wildman–Crippen LogP) is 5.85. The summed E-state index contributed by atoms with van der Waals surface area (Å²) in [6.07, 6.45) is 0. The van der Waals surface area contributed by atoms with Crippen LogP contribution in [-0.2, 0) is 10.3 Å². The van der Waals surface area contributed by atoms with Crippen molar-refractivity contribution in [3.8, 4) is 5.75 Å². The summed E-state index contributed by atoms with van der Waals surface area (Å²) in [5.74, 6) is 1.40. The molecule has 1 fully saturated rings. The third-order valence-electron chi connectivity index (χ3n) is 4.25. The monoisotopic (exact) mass is 412 g/mol. The number of halogens is 1. The average Bonchev–Trinajstić information content (AvgIpc) is 3.46. The van der Waals surface area contributed by atoms with Crippen molar-refractivity contribution in [2.45, 2.75) is 10.5 Å². The maximum atomic E-state index is 6.16. The first-order chi connectivity index (χ1) is 12.3. The molecule has 0 bridgehead atoms. The minimum Gasteiger partial charge on any atom is -0.481 e. The Morgan fingerprint density at radius 2 is 1.60 bits per heavy atom. The summed E-state index contributed by atoms with van der Waals surface area (Å²) in [4.78, 5) is 1.19. The molecule has 0 aromatic heterocycles. The van der Waals surface area contributed by atoms with E-state index < -0.39 is 5.60 Å². The van der Waals surface area contributed by atoms with Crippen LogP contribution in [0.15, 0.2) is 88.2 Å². The summed E-state index contributed by atoms with van der Waals surface area (Å²) < 4.78 is 13.0. The normalized spacial score (nSPS) is 18.8. The Hall–Kier alpha value is -1.75. The Morgan fingerprint density at radius 1 is 0.920 bits per heavy atom. The van der Waals surface area contributed by atoms with Crippen molar-refractivity contribution in [1.29, 1.82) is 0 Å². The van der Waals surface area contributed by atoms with Gasteiger partial charge >= 0.3 is 0 Å². The van der Waals surface area contributed by atoms with E-state index in [0.29, 0.717) is 12.5 Å². The summed E-state index contributed by atoms with van der Waals surface area (Å²) in [7, 11) is 0. The number of ether oxygens (including phenoxy) is 2. The van der Waals surface area contributed by atoms with Crippen LogP contribution in [0.25, 0.3) is 0 Å². The number of hydrogen-bond acceptors (Lipinski definition) is 3. The molecule has 2 nitrogen and oxygen atoms in total. The number of para-hydroxylation sites is 1. The molecule has 1 atom stereocenters. The molecule has 0 spiro atoms. The van der Waals surface area contributed by atoms with E-state index in [-0.39, 0.29) is 0 Å². The van der Waals surface area contributed by atoms with Crippen LogP contribution in [0.1, 0.15) is 11.1 Å². The fourth-order valence-corrected chi connectivity index (χ4v) is 4.05. The van der Waals surface area contributed by atoms with Gasteiger partial charge in [-0.15, -0.1) is 0 Å². The first kappa shape index (κ1) is 16.7. The molecule has 3 aromatic rings. The zero-order valence-corrected chi connectivity index (χ0v) is 15.9. The van der Waals surface area contributed by atoms with Crippen molar-refractivity contribution in [3.05, 3.63) is 94.5 Å². The van der Waals surface area contributed by atoms with E-state index in [2.05, 4.69) is 46.3 Å². The zero-order chi connectivity index (χ0) is 17.1. The van der Waals surface area contributed by atoms with E-state index in [9.17, 15) is 0 Å². The topological polar surface area (TPSA) is 21.8 Å². The molecule has 4 heteroatoms. The van der Waals surface area contributed by atoms with Crippen LogP contribution in [-0.4, -0.2) is 12.5 Å². The SMILES string of the molecule is Brc1cccc(C2(c3ccccc3)CO2)c1OCSc1ccccc1. The highest BCUT2D eigenvalue weighted by molar-refractivity contribution is 9.10. The van der Waals surface area contributed by atoms with Crippen LogP contribution in [0.5, 0.6) is 5.75 Å². The second kappa shape index (κ2) is 7.24. The van der Waals surface area contributed by atoms with Crippen LogP contribution in [0, 0.1) is 0 Å². The number of hydrogen-bond donors (Lipinski definition) is 0. The lowest BCUT2D eigenvalue weighted by atomic mass is 9.91. The summed E-state index contributed by atoms with van der Waals surface area (Å²) in [5, 5.41) is 0. The van der Waals surface area contributed by atoms with Crippen LogP contribution >= 0.6 is 27.7 Å². The zero-order valence-electron chi connectivity index (χ0n) is 13.5. The standard InChI is InChI=1S/C21H17BrO2S/c22-19-13-7-12-18(21(14-24-21)16-8-3-1-4-9-16)20(19)23-15-25-17-10-5-2-6-11-17/h1-13H,14-15H2. The van der Waals surface area contributed by atoms with Crippen molar-refractivity contribution < 1.29 is 9.47 Å². The lowest BCUT2D eigenvalue weighted by Gasteiger charge is -2.19.